The molecule has 1 heterocycles. The lowest BCUT2D eigenvalue weighted by atomic mass is 10.2. The third-order valence-electron chi connectivity index (χ3n) is 3.35. The first kappa shape index (κ1) is 16.9. The van der Waals surface area contributed by atoms with Crippen molar-refractivity contribution in [2.45, 2.75) is 39.4 Å². The third kappa shape index (κ3) is 4.52. The van der Waals surface area contributed by atoms with Crippen molar-refractivity contribution in [3.8, 4) is 5.75 Å². The Bertz CT molecular complexity index is 514. The molecule has 0 aromatic heterocycles. The number of halogens is 1. The summed E-state index contributed by atoms with van der Waals surface area (Å²) in [5.41, 5.74) is 0.658. The van der Waals surface area contributed by atoms with Gasteiger partial charge in [-0.2, -0.15) is 0 Å². The van der Waals surface area contributed by atoms with Crippen LogP contribution < -0.4 is 10.1 Å². The van der Waals surface area contributed by atoms with Crippen LogP contribution in [0.25, 0.3) is 0 Å². The Balaban J connectivity index is 1.98. The lowest BCUT2D eigenvalue weighted by molar-refractivity contribution is -0.0530. The molecule has 0 radical (unpaired) electrons. The van der Waals surface area contributed by atoms with Crippen LogP contribution in [0.1, 0.15) is 27.2 Å². The summed E-state index contributed by atoms with van der Waals surface area (Å²) in [5.74, 6) is 0.634. The molecule has 1 saturated heterocycles. The summed E-state index contributed by atoms with van der Waals surface area (Å²) in [7, 11) is 0. The number of carbonyl (C=O) groups excluding carboxylic acids is 1. The van der Waals surface area contributed by atoms with Crippen molar-refractivity contribution in [1.82, 2.24) is 4.90 Å². The van der Waals surface area contributed by atoms with Crippen LogP contribution in [0.15, 0.2) is 18.2 Å². The summed E-state index contributed by atoms with van der Waals surface area (Å²) in [4.78, 5) is 14.1. The molecule has 1 aliphatic rings. The molecule has 2 rings (SSSR count). The zero-order valence-corrected chi connectivity index (χ0v) is 14.0. The van der Waals surface area contributed by atoms with E-state index < -0.39 is 0 Å². The molecule has 2 atom stereocenters. The number of benzene rings is 1. The SMILES string of the molecule is CCCOc1ccc(NC(=O)N2CC(C)OC(C)C2)cc1Cl. The summed E-state index contributed by atoms with van der Waals surface area (Å²) in [6.07, 6.45) is 1.01. The molecule has 0 bridgehead atoms. The number of ether oxygens (including phenoxy) is 2. The Hall–Kier alpha value is -1.46. The van der Waals surface area contributed by atoms with E-state index in [0.29, 0.717) is 36.2 Å². The van der Waals surface area contributed by atoms with E-state index in [1.54, 1.807) is 23.1 Å². The minimum absolute atomic E-state index is 0.0444. The lowest BCUT2D eigenvalue weighted by Gasteiger charge is -2.35. The molecular weight excluding hydrogens is 304 g/mol. The number of urea groups is 1. The van der Waals surface area contributed by atoms with E-state index in [1.807, 2.05) is 20.8 Å². The van der Waals surface area contributed by atoms with E-state index in [1.165, 1.54) is 0 Å². The lowest BCUT2D eigenvalue weighted by Crippen LogP contribution is -2.49. The van der Waals surface area contributed by atoms with Gasteiger partial charge in [-0.05, 0) is 38.5 Å². The van der Waals surface area contributed by atoms with Crippen LogP contribution in [0.4, 0.5) is 10.5 Å². The largest absolute Gasteiger partial charge is 0.492 e. The molecule has 0 saturated carbocycles. The number of carbonyl (C=O) groups is 1. The fourth-order valence-electron chi connectivity index (χ4n) is 2.45. The van der Waals surface area contributed by atoms with Crippen molar-refractivity contribution in [2.24, 2.45) is 0 Å². The standard InChI is InChI=1S/C16H23ClN2O3/c1-4-7-21-15-6-5-13(8-14(15)17)18-16(20)19-9-11(2)22-12(3)10-19/h5-6,8,11-12H,4,7,9-10H2,1-3H3,(H,18,20). The van der Waals surface area contributed by atoms with Gasteiger partial charge in [0.1, 0.15) is 5.75 Å². The van der Waals surface area contributed by atoms with Crippen molar-refractivity contribution in [3.05, 3.63) is 23.2 Å². The van der Waals surface area contributed by atoms with Crippen LogP contribution in [-0.4, -0.2) is 42.8 Å². The van der Waals surface area contributed by atoms with Gasteiger partial charge in [-0.25, -0.2) is 4.79 Å². The minimum Gasteiger partial charge on any atom is -0.492 e. The number of nitrogens with one attached hydrogen (secondary N) is 1. The molecule has 22 heavy (non-hydrogen) atoms. The van der Waals surface area contributed by atoms with E-state index in [4.69, 9.17) is 21.1 Å². The first-order valence-electron chi connectivity index (χ1n) is 7.63. The van der Waals surface area contributed by atoms with Crippen LogP contribution in [-0.2, 0) is 4.74 Å². The van der Waals surface area contributed by atoms with Gasteiger partial charge in [-0.1, -0.05) is 18.5 Å². The smallest absolute Gasteiger partial charge is 0.322 e. The first-order valence-corrected chi connectivity index (χ1v) is 8.01. The monoisotopic (exact) mass is 326 g/mol. The molecule has 0 aliphatic carbocycles. The summed E-state index contributed by atoms with van der Waals surface area (Å²) >= 11 is 6.17. The van der Waals surface area contributed by atoms with Crippen molar-refractivity contribution >= 4 is 23.3 Å². The van der Waals surface area contributed by atoms with Crippen molar-refractivity contribution in [2.75, 3.05) is 25.0 Å². The summed E-state index contributed by atoms with van der Waals surface area (Å²) < 4.78 is 11.1. The average Bonchev–Trinajstić information content (AvgIpc) is 2.45. The second kappa shape index (κ2) is 7.70. The highest BCUT2D eigenvalue weighted by atomic mass is 35.5. The van der Waals surface area contributed by atoms with Gasteiger partial charge in [0.05, 0.1) is 23.8 Å². The zero-order valence-electron chi connectivity index (χ0n) is 13.3. The van der Waals surface area contributed by atoms with Crippen molar-refractivity contribution in [3.63, 3.8) is 0 Å². The Morgan fingerprint density at radius 2 is 2.09 bits per heavy atom. The highest BCUT2D eigenvalue weighted by molar-refractivity contribution is 6.32. The third-order valence-corrected chi connectivity index (χ3v) is 3.65. The van der Waals surface area contributed by atoms with Crippen molar-refractivity contribution in [1.29, 1.82) is 0 Å². The molecule has 1 N–H and O–H groups in total. The van der Waals surface area contributed by atoms with Gasteiger partial charge in [-0.15, -0.1) is 0 Å². The number of hydrogen-bond acceptors (Lipinski definition) is 3. The second-order valence-corrected chi connectivity index (χ2v) is 5.99. The van der Waals surface area contributed by atoms with Crippen LogP contribution >= 0.6 is 11.6 Å². The first-order chi connectivity index (χ1) is 10.5. The molecule has 1 fully saturated rings. The van der Waals surface area contributed by atoms with Crippen LogP contribution in [0, 0.1) is 0 Å². The summed E-state index contributed by atoms with van der Waals surface area (Å²) in [6.45, 7) is 7.75. The van der Waals surface area contributed by atoms with Crippen LogP contribution in [0.5, 0.6) is 5.75 Å². The predicted molar refractivity (Wildman–Crippen MR) is 87.8 cm³/mol. The number of anilines is 1. The molecule has 1 aromatic rings. The molecular formula is C16H23ClN2O3. The maximum Gasteiger partial charge on any atom is 0.322 e. The predicted octanol–water partition coefficient (Wildman–Crippen LogP) is 3.77. The van der Waals surface area contributed by atoms with Gasteiger partial charge < -0.3 is 19.7 Å². The number of amides is 2. The Kier molecular flexibility index (Phi) is 5.91. The minimum atomic E-state index is -0.139. The molecule has 2 amide bonds. The van der Waals surface area contributed by atoms with Crippen molar-refractivity contribution < 1.29 is 14.3 Å². The van der Waals surface area contributed by atoms with E-state index >= 15 is 0 Å². The fourth-order valence-corrected chi connectivity index (χ4v) is 2.69. The Labute approximate surface area is 136 Å². The van der Waals surface area contributed by atoms with Gasteiger partial charge in [0.25, 0.3) is 0 Å². The van der Waals surface area contributed by atoms with E-state index in [0.717, 1.165) is 6.42 Å². The molecule has 6 heteroatoms. The van der Waals surface area contributed by atoms with Crippen LogP contribution in [0.2, 0.25) is 5.02 Å². The number of morpholine rings is 1. The highest BCUT2D eigenvalue weighted by Crippen LogP contribution is 2.28. The average molecular weight is 327 g/mol. The maximum absolute atomic E-state index is 12.3. The maximum atomic E-state index is 12.3. The summed E-state index contributed by atoms with van der Waals surface area (Å²) in [5, 5.41) is 3.36. The molecule has 2 unspecified atom stereocenters. The van der Waals surface area contributed by atoms with E-state index in [9.17, 15) is 4.79 Å². The number of nitrogens with zero attached hydrogens (tertiary/aromatic N) is 1. The van der Waals surface area contributed by atoms with Crippen LogP contribution in [0.3, 0.4) is 0 Å². The molecule has 122 valence electrons. The zero-order chi connectivity index (χ0) is 16.1. The molecule has 1 aliphatic heterocycles. The number of rotatable bonds is 4. The normalized spacial score (nSPS) is 21.5. The topological polar surface area (TPSA) is 50.8 Å². The quantitative estimate of drug-likeness (QED) is 0.916. The molecule has 5 nitrogen and oxygen atoms in total. The van der Waals surface area contributed by atoms with Gasteiger partial charge in [0.15, 0.2) is 0 Å². The Morgan fingerprint density at radius 1 is 1.41 bits per heavy atom. The highest BCUT2D eigenvalue weighted by Gasteiger charge is 2.25. The Morgan fingerprint density at radius 3 is 2.68 bits per heavy atom. The fraction of sp³-hybridized carbons (Fsp3) is 0.562. The van der Waals surface area contributed by atoms with Gasteiger partial charge in [0.2, 0.25) is 0 Å². The molecule has 0 spiro atoms. The van der Waals surface area contributed by atoms with E-state index in [2.05, 4.69) is 5.32 Å². The van der Waals surface area contributed by atoms with Gasteiger partial charge >= 0.3 is 6.03 Å². The molecule has 1 aromatic carbocycles. The second-order valence-electron chi connectivity index (χ2n) is 5.59. The number of hydrogen-bond donors (Lipinski definition) is 1. The summed E-state index contributed by atoms with van der Waals surface area (Å²) in [6, 6.07) is 5.14. The van der Waals surface area contributed by atoms with Gasteiger partial charge in [0, 0.05) is 18.8 Å². The van der Waals surface area contributed by atoms with E-state index in [-0.39, 0.29) is 18.2 Å². The van der Waals surface area contributed by atoms with Gasteiger partial charge in [-0.3, -0.25) is 0 Å².